The molecule has 480 valence electrons. The zero-order valence-corrected chi connectivity index (χ0v) is 59.8. The molecule has 3 amide bonds. The van der Waals surface area contributed by atoms with Gasteiger partial charge >= 0.3 is 0 Å². The number of thiophene rings is 3. The highest BCUT2D eigenvalue weighted by Crippen LogP contribution is 2.42. The van der Waals surface area contributed by atoms with Gasteiger partial charge in [-0.05, 0) is 162 Å². The van der Waals surface area contributed by atoms with Crippen molar-refractivity contribution in [1.82, 2.24) is 50.4 Å². The first kappa shape index (κ1) is 69.4. The lowest BCUT2D eigenvalue weighted by molar-refractivity contribution is 0.0742. The Kier molecular flexibility index (Phi) is 23.7. The lowest BCUT2D eigenvalue weighted by Gasteiger charge is -2.28. The summed E-state index contributed by atoms with van der Waals surface area (Å²) in [6, 6.07) is 36.6. The van der Waals surface area contributed by atoms with Crippen molar-refractivity contribution in [2.45, 2.75) is 104 Å². The summed E-state index contributed by atoms with van der Waals surface area (Å²) in [6.07, 6.45) is 10.1. The SMILES string of the molecule is CCc1c(C(=O)NN2CCCCC2)nn(-c2ccc(Cl)cc2Cl)c1-c1ccc(Cl)s1.Cc1c(C(=O)N[C@H](C)C2CCCCC2)nn(-c2ccc(Cl)cc2Cl)c1-c1ccc(Cl)s1.Cc1c(C(=O)N[C@H](C)c2ccccc2)nn(-c2ccc(Cl)cc2Cl)c1-c1ccc(Cl)s1. The third kappa shape index (κ3) is 16.3. The predicted octanol–water partition coefficient (Wildman–Crippen LogP) is 21.2. The third-order valence-electron chi connectivity index (χ3n) is 16.0. The summed E-state index contributed by atoms with van der Waals surface area (Å²) < 4.78 is 7.11. The number of amides is 3. The number of nitrogens with one attached hydrogen (secondary N) is 3. The molecule has 2 atom stereocenters. The normalized spacial score (nSPS) is 14.2. The maximum absolute atomic E-state index is 13.2. The van der Waals surface area contributed by atoms with Crippen LogP contribution in [0.2, 0.25) is 43.1 Å². The Morgan fingerprint density at radius 3 is 1.34 bits per heavy atom. The van der Waals surface area contributed by atoms with E-state index in [9.17, 15) is 14.4 Å². The summed E-state index contributed by atoms with van der Waals surface area (Å²) in [5.74, 6) is -0.118. The number of piperidine rings is 1. The first-order valence-electron chi connectivity index (χ1n) is 29.8. The van der Waals surface area contributed by atoms with Crippen molar-refractivity contribution >= 4 is 156 Å². The fraction of sp³-hybridized carbons (Fsp3) is 0.284. The highest BCUT2D eigenvalue weighted by Gasteiger charge is 2.31. The molecule has 1 saturated carbocycles. The molecule has 1 aliphatic heterocycles. The standard InChI is InChI=1S/C23H24Cl3N3OS.C23H18Cl3N3OS.C21H21Cl3N4OS/c2*1-13-21(23(30)27-14(2)15-6-4-3-5-7-15)28-29(18-9-8-16(24)12-17(18)25)22(13)19-10-11-20(26)31-19;1-2-14-19(21(29)26-27-10-4-3-5-11-27)25-28(16-7-6-13(22)12-15(16)23)20(14)17-8-9-18(24)30-17/h8-12,14-15H,3-7H2,1-2H3,(H,27,30);3-12,14H,1-2H3,(H,27,30);6-9,12H,2-5,10-11H2,1H3,(H,26,29)/t2*14-;/m11./s1. The molecule has 0 bridgehead atoms. The number of hydrogen-bond donors (Lipinski definition) is 3. The number of benzene rings is 4. The molecule has 0 spiro atoms. The Morgan fingerprint density at radius 2 is 0.913 bits per heavy atom. The monoisotopic (exact) mass is 1470 g/mol. The van der Waals surface area contributed by atoms with E-state index in [0.717, 1.165) is 92.7 Å². The van der Waals surface area contributed by atoms with Gasteiger partial charge in [-0.1, -0.05) is 167 Å². The van der Waals surface area contributed by atoms with Gasteiger partial charge in [0.25, 0.3) is 17.7 Å². The summed E-state index contributed by atoms with van der Waals surface area (Å²) >= 11 is 60.6. The van der Waals surface area contributed by atoms with Crippen molar-refractivity contribution in [3.63, 3.8) is 0 Å². The number of rotatable bonds is 15. The third-order valence-corrected chi connectivity index (χ3v) is 21.4. The summed E-state index contributed by atoms with van der Waals surface area (Å²) in [6.45, 7) is 11.5. The predicted molar refractivity (Wildman–Crippen MR) is 383 cm³/mol. The van der Waals surface area contributed by atoms with Crippen LogP contribution in [-0.4, -0.2) is 71.2 Å². The smallest absolute Gasteiger partial charge is 0.286 e. The number of nitrogens with zero attached hydrogens (tertiary/aromatic N) is 7. The molecule has 0 radical (unpaired) electrons. The molecule has 10 aromatic rings. The number of carbonyl (C=O) groups is 3. The van der Waals surface area contributed by atoms with Crippen LogP contribution in [0.5, 0.6) is 0 Å². The topological polar surface area (TPSA) is 144 Å². The second kappa shape index (κ2) is 31.4. The Labute approximate surface area is 591 Å². The number of halogens is 9. The van der Waals surface area contributed by atoms with E-state index in [0.29, 0.717) is 89.6 Å². The van der Waals surface area contributed by atoms with Crippen LogP contribution in [0.3, 0.4) is 0 Å². The van der Waals surface area contributed by atoms with Crippen LogP contribution in [0, 0.1) is 19.8 Å². The van der Waals surface area contributed by atoms with E-state index < -0.39 is 0 Å². The molecule has 1 aliphatic carbocycles. The summed E-state index contributed by atoms with van der Waals surface area (Å²) in [4.78, 5) is 42.3. The van der Waals surface area contributed by atoms with Crippen LogP contribution in [0.25, 0.3) is 48.8 Å². The first-order valence-corrected chi connectivity index (χ1v) is 35.7. The number of hydrogen-bond acceptors (Lipinski definition) is 10. The van der Waals surface area contributed by atoms with E-state index in [-0.39, 0.29) is 29.8 Å². The molecule has 3 N–H and O–H groups in total. The van der Waals surface area contributed by atoms with E-state index in [1.165, 1.54) is 59.7 Å². The van der Waals surface area contributed by atoms with E-state index in [1.54, 1.807) is 56.5 Å². The average molecular weight is 1470 g/mol. The molecule has 13 nitrogen and oxygen atoms in total. The maximum Gasteiger partial charge on any atom is 0.286 e. The summed E-state index contributed by atoms with van der Waals surface area (Å²) in [5, 5.41) is 25.2. The Morgan fingerprint density at radius 1 is 0.500 bits per heavy atom. The second-order valence-electron chi connectivity index (χ2n) is 22.3. The zero-order chi connectivity index (χ0) is 65.5. The van der Waals surface area contributed by atoms with Gasteiger partial charge in [0.1, 0.15) is 0 Å². The van der Waals surface area contributed by atoms with Crippen molar-refractivity contribution in [3.05, 3.63) is 204 Å². The van der Waals surface area contributed by atoms with Crippen molar-refractivity contribution in [2.75, 3.05) is 13.1 Å². The van der Waals surface area contributed by atoms with Crippen LogP contribution >= 0.6 is 138 Å². The van der Waals surface area contributed by atoms with Gasteiger partial charge in [-0.3, -0.25) is 19.8 Å². The molecular formula is C67H63Cl9N10O3S3. The Hall–Kier alpha value is -5.41. The van der Waals surface area contributed by atoms with Gasteiger partial charge in [0.2, 0.25) is 0 Å². The first-order chi connectivity index (χ1) is 44.2. The van der Waals surface area contributed by atoms with Crippen LogP contribution < -0.4 is 16.1 Å². The highest BCUT2D eigenvalue weighted by atomic mass is 35.5. The van der Waals surface area contributed by atoms with Crippen molar-refractivity contribution < 1.29 is 14.4 Å². The molecule has 25 heteroatoms. The van der Waals surface area contributed by atoms with Gasteiger partial charge in [-0.2, -0.15) is 15.3 Å². The van der Waals surface area contributed by atoms with Crippen LogP contribution in [0.15, 0.2) is 121 Å². The Balaban J connectivity index is 0.000000151. The van der Waals surface area contributed by atoms with Crippen molar-refractivity contribution in [2.24, 2.45) is 5.92 Å². The average Bonchev–Trinajstić information content (AvgIpc) is 1.63. The summed E-state index contributed by atoms with van der Waals surface area (Å²) in [7, 11) is 0. The number of aromatic nitrogens is 6. The minimum atomic E-state index is -0.262. The number of carbonyl (C=O) groups excluding carboxylic acids is 3. The number of hydrazine groups is 1. The van der Waals surface area contributed by atoms with Crippen LogP contribution in [-0.2, 0) is 6.42 Å². The molecule has 12 rings (SSSR count). The van der Waals surface area contributed by atoms with E-state index >= 15 is 0 Å². The molecule has 7 heterocycles. The van der Waals surface area contributed by atoms with E-state index in [1.807, 2.05) is 112 Å². The lowest BCUT2D eigenvalue weighted by Crippen LogP contribution is -2.45. The van der Waals surface area contributed by atoms with Crippen LogP contribution in [0.1, 0.15) is 132 Å². The Bertz CT molecular complexity index is 4280. The zero-order valence-electron chi connectivity index (χ0n) is 50.5. The molecular weight excluding hydrogens is 1410 g/mol. The van der Waals surface area contributed by atoms with E-state index in [4.69, 9.17) is 115 Å². The van der Waals surface area contributed by atoms with Crippen molar-refractivity contribution in [1.29, 1.82) is 0 Å². The summed E-state index contributed by atoms with van der Waals surface area (Å²) in [5.41, 5.74) is 11.9. The molecule has 2 aliphatic rings. The molecule has 6 aromatic heterocycles. The largest absolute Gasteiger partial charge is 0.348 e. The second-order valence-corrected chi connectivity index (χ2v) is 29.9. The fourth-order valence-corrected chi connectivity index (χ4v) is 16.2. The molecule has 0 unspecified atom stereocenters. The van der Waals surface area contributed by atoms with Crippen LogP contribution in [0.4, 0.5) is 0 Å². The van der Waals surface area contributed by atoms with Gasteiger partial charge in [-0.15, -0.1) is 34.0 Å². The highest BCUT2D eigenvalue weighted by molar-refractivity contribution is 7.20. The van der Waals surface area contributed by atoms with E-state index in [2.05, 4.69) is 28.1 Å². The molecule has 1 saturated heterocycles. The van der Waals surface area contributed by atoms with Crippen molar-refractivity contribution in [3.8, 4) is 48.8 Å². The molecule has 4 aromatic carbocycles. The van der Waals surface area contributed by atoms with Gasteiger partial charge in [-0.25, -0.2) is 19.1 Å². The van der Waals surface area contributed by atoms with Gasteiger partial charge in [0.05, 0.1) is 82.9 Å². The molecule has 2 fully saturated rings. The van der Waals surface area contributed by atoms with Gasteiger partial charge in [0.15, 0.2) is 17.1 Å². The lowest BCUT2D eigenvalue weighted by atomic mass is 9.84. The molecule has 92 heavy (non-hydrogen) atoms. The minimum absolute atomic E-state index is 0.108. The van der Waals surface area contributed by atoms with Gasteiger partial charge in [0, 0.05) is 50.9 Å². The maximum atomic E-state index is 13.2. The minimum Gasteiger partial charge on any atom is -0.348 e. The quantitative estimate of drug-likeness (QED) is 0.0927. The van der Waals surface area contributed by atoms with Gasteiger partial charge < -0.3 is 10.6 Å². The fourth-order valence-electron chi connectivity index (χ4n) is 11.3.